The molecule has 0 aliphatic carbocycles. The van der Waals surface area contributed by atoms with Gasteiger partial charge in [0.2, 0.25) is 0 Å². The summed E-state index contributed by atoms with van der Waals surface area (Å²) in [6.45, 7) is -1.34. The van der Waals surface area contributed by atoms with Gasteiger partial charge in [-0.25, -0.2) is 8.78 Å². The van der Waals surface area contributed by atoms with Gasteiger partial charge in [0.15, 0.2) is 5.96 Å². The number of halogens is 5. The van der Waals surface area contributed by atoms with E-state index in [1.54, 1.807) is 19.2 Å². The third-order valence-electron chi connectivity index (χ3n) is 4.59. The van der Waals surface area contributed by atoms with Crippen LogP contribution in [0, 0.1) is 11.6 Å². The van der Waals surface area contributed by atoms with Gasteiger partial charge in [0.25, 0.3) is 0 Å². The predicted molar refractivity (Wildman–Crippen MR) is 119 cm³/mol. The zero-order valence-electron chi connectivity index (χ0n) is 16.2. The Labute approximate surface area is 189 Å². The first kappa shape index (κ1) is 24.0. The number of hydrogen-bond acceptors (Lipinski definition) is 3. The third kappa shape index (κ3) is 6.64. The van der Waals surface area contributed by atoms with Crippen LogP contribution in [-0.4, -0.2) is 38.8 Å². The summed E-state index contributed by atoms with van der Waals surface area (Å²) in [5, 5.41) is 6.38. The van der Waals surface area contributed by atoms with E-state index in [4.69, 9.17) is 0 Å². The summed E-state index contributed by atoms with van der Waals surface area (Å²) in [5.74, 6) is -0.557. The lowest BCUT2D eigenvalue weighted by Crippen LogP contribution is -2.44. The van der Waals surface area contributed by atoms with Crippen LogP contribution < -0.4 is 20.3 Å². The van der Waals surface area contributed by atoms with Gasteiger partial charge in [0.05, 0.1) is 5.69 Å². The van der Waals surface area contributed by atoms with E-state index in [-0.39, 0.29) is 35.8 Å². The summed E-state index contributed by atoms with van der Waals surface area (Å²) in [4.78, 5) is 6.02. The number of anilines is 1. The molecule has 30 heavy (non-hydrogen) atoms. The fourth-order valence-electron chi connectivity index (χ4n) is 3.24. The topological polar surface area (TPSA) is 48.9 Å². The second kappa shape index (κ2) is 11.2. The number of benzene rings is 2. The number of ether oxygens (including phenoxy) is 1. The van der Waals surface area contributed by atoms with Crippen molar-refractivity contribution in [3.8, 4) is 5.75 Å². The zero-order valence-corrected chi connectivity index (χ0v) is 18.6. The Morgan fingerprint density at radius 1 is 1.23 bits per heavy atom. The molecular formula is C20H23F4IN4O. The highest BCUT2D eigenvalue weighted by Crippen LogP contribution is 2.24. The molecule has 0 saturated carbocycles. The van der Waals surface area contributed by atoms with E-state index >= 15 is 0 Å². The van der Waals surface area contributed by atoms with Gasteiger partial charge in [0.1, 0.15) is 17.4 Å². The van der Waals surface area contributed by atoms with Crippen LogP contribution in [0.4, 0.5) is 23.2 Å². The largest absolute Gasteiger partial charge is 0.435 e. The van der Waals surface area contributed by atoms with E-state index in [0.29, 0.717) is 31.3 Å². The highest BCUT2D eigenvalue weighted by atomic mass is 127. The van der Waals surface area contributed by atoms with Gasteiger partial charge in [-0.15, -0.1) is 24.0 Å². The summed E-state index contributed by atoms with van der Waals surface area (Å²) in [6.07, 6.45) is 0.759. The summed E-state index contributed by atoms with van der Waals surface area (Å²) in [6, 6.07) is 10.00. The Bertz CT molecular complexity index is 868. The van der Waals surface area contributed by atoms with Gasteiger partial charge in [-0.3, -0.25) is 4.99 Å². The maximum atomic E-state index is 14.0. The first-order valence-electron chi connectivity index (χ1n) is 9.15. The van der Waals surface area contributed by atoms with Crippen molar-refractivity contribution in [1.82, 2.24) is 10.6 Å². The Morgan fingerprint density at radius 2 is 2.03 bits per heavy atom. The molecule has 1 aliphatic rings. The highest BCUT2D eigenvalue weighted by Gasteiger charge is 2.25. The van der Waals surface area contributed by atoms with Crippen molar-refractivity contribution in [3.63, 3.8) is 0 Å². The molecule has 1 unspecified atom stereocenters. The van der Waals surface area contributed by atoms with Crippen LogP contribution in [0.1, 0.15) is 12.0 Å². The minimum Gasteiger partial charge on any atom is -0.435 e. The molecule has 0 amide bonds. The van der Waals surface area contributed by atoms with Crippen molar-refractivity contribution in [3.05, 3.63) is 59.7 Å². The van der Waals surface area contributed by atoms with Crippen LogP contribution in [0.2, 0.25) is 0 Å². The minimum absolute atomic E-state index is 0. The second-order valence-electron chi connectivity index (χ2n) is 6.62. The van der Waals surface area contributed by atoms with E-state index in [1.165, 1.54) is 24.3 Å². The number of alkyl halides is 2. The van der Waals surface area contributed by atoms with E-state index in [1.807, 2.05) is 4.90 Å². The summed E-state index contributed by atoms with van der Waals surface area (Å²) < 4.78 is 56.2. The fourth-order valence-corrected chi connectivity index (χ4v) is 3.24. The quantitative estimate of drug-likeness (QED) is 0.252. The Kier molecular flexibility index (Phi) is 9.00. The Hall–Kier alpha value is -2.24. The number of rotatable bonds is 6. The molecule has 0 bridgehead atoms. The van der Waals surface area contributed by atoms with Crippen LogP contribution in [0.15, 0.2) is 47.5 Å². The molecule has 164 valence electrons. The van der Waals surface area contributed by atoms with E-state index in [2.05, 4.69) is 20.4 Å². The first-order chi connectivity index (χ1) is 13.9. The molecular weight excluding hydrogens is 515 g/mol. The van der Waals surface area contributed by atoms with Crippen LogP contribution in [0.25, 0.3) is 0 Å². The van der Waals surface area contributed by atoms with Crippen LogP contribution >= 0.6 is 24.0 Å². The fraction of sp³-hybridized carbons (Fsp3) is 0.350. The zero-order chi connectivity index (χ0) is 20.8. The van der Waals surface area contributed by atoms with Crippen LogP contribution in [-0.2, 0) is 6.54 Å². The van der Waals surface area contributed by atoms with Crippen molar-refractivity contribution in [2.24, 2.45) is 4.99 Å². The summed E-state index contributed by atoms with van der Waals surface area (Å²) in [7, 11) is 1.62. The van der Waals surface area contributed by atoms with E-state index in [0.717, 1.165) is 18.1 Å². The summed E-state index contributed by atoms with van der Waals surface area (Å²) >= 11 is 0. The van der Waals surface area contributed by atoms with Gasteiger partial charge in [-0.05, 0) is 36.2 Å². The average molecular weight is 538 g/mol. The van der Waals surface area contributed by atoms with Crippen molar-refractivity contribution in [2.75, 3.05) is 25.0 Å². The molecule has 0 aromatic heterocycles. The maximum Gasteiger partial charge on any atom is 0.387 e. The molecule has 1 fully saturated rings. The molecule has 2 N–H and O–H groups in total. The SMILES string of the molecule is CN=C(NCc1cccc(OC(F)F)c1)NC1CCN(c2ccc(F)cc2F)C1.I. The molecule has 2 aromatic carbocycles. The van der Waals surface area contributed by atoms with Crippen molar-refractivity contribution < 1.29 is 22.3 Å². The van der Waals surface area contributed by atoms with Crippen LogP contribution in [0.5, 0.6) is 5.75 Å². The van der Waals surface area contributed by atoms with E-state index < -0.39 is 18.2 Å². The number of guanidine groups is 1. The summed E-state index contributed by atoms with van der Waals surface area (Å²) in [5.41, 5.74) is 1.13. The molecule has 0 spiro atoms. The maximum absolute atomic E-state index is 14.0. The average Bonchev–Trinajstić information content (AvgIpc) is 3.13. The molecule has 1 atom stereocenters. The Balaban J connectivity index is 0.00000320. The van der Waals surface area contributed by atoms with Crippen LogP contribution in [0.3, 0.4) is 0 Å². The minimum atomic E-state index is -2.87. The second-order valence-corrected chi connectivity index (χ2v) is 6.62. The lowest BCUT2D eigenvalue weighted by atomic mass is 10.2. The molecule has 2 aromatic rings. The monoisotopic (exact) mass is 538 g/mol. The first-order valence-corrected chi connectivity index (χ1v) is 9.15. The lowest BCUT2D eigenvalue weighted by molar-refractivity contribution is -0.0498. The third-order valence-corrected chi connectivity index (χ3v) is 4.59. The van der Waals surface area contributed by atoms with E-state index in [9.17, 15) is 17.6 Å². The standard InChI is InChI=1S/C20H22F4N4O.HI/c1-25-20(26-11-13-3-2-4-16(9-13)29-19(23)24)27-15-7-8-28(12-15)18-6-5-14(21)10-17(18)22;/h2-6,9-10,15,19H,7-8,11-12H2,1H3,(H2,25,26,27);1H. The molecule has 3 rings (SSSR count). The van der Waals surface area contributed by atoms with Crippen molar-refractivity contribution in [1.29, 1.82) is 0 Å². The van der Waals surface area contributed by atoms with Gasteiger partial charge in [-0.2, -0.15) is 8.78 Å². The number of aliphatic imine (C=N–C) groups is 1. The van der Waals surface area contributed by atoms with Gasteiger partial charge < -0.3 is 20.3 Å². The van der Waals surface area contributed by atoms with Gasteiger partial charge in [0, 0.05) is 38.8 Å². The number of hydrogen-bond donors (Lipinski definition) is 2. The molecule has 1 saturated heterocycles. The normalized spacial score (nSPS) is 16.4. The van der Waals surface area contributed by atoms with Crippen molar-refractivity contribution in [2.45, 2.75) is 25.6 Å². The molecule has 10 heteroatoms. The predicted octanol–water partition coefficient (Wildman–Crippen LogP) is 4.13. The number of nitrogens with zero attached hydrogens (tertiary/aromatic N) is 2. The lowest BCUT2D eigenvalue weighted by Gasteiger charge is -2.21. The van der Waals surface area contributed by atoms with Crippen molar-refractivity contribution >= 4 is 35.6 Å². The van der Waals surface area contributed by atoms with Gasteiger partial charge >= 0.3 is 6.61 Å². The smallest absolute Gasteiger partial charge is 0.387 e. The highest BCUT2D eigenvalue weighted by molar-refractivity contribution is 14.0. The van der Waals surface area contributed by atoms with Gasteiger partial charge in [-0.1, -0.05) is 12.1 Å². The molecule has 5 nitrogen and oxygen atoms in total. The number of nitrogens with one attached hydrogen (secondary N) is 2. The Morgan fingerprint density at radius 3 is 2.73 bits per heavy atom. The molecule has 1 aliphatic heterocycles. The molecule has 0 radical (unpaired) electrons. The molecule has 1 heterocycles.